The summed E-state index contributed by atoms with van der Waals surface area (Å²) in [6.45, 7) is 0.187. The van der Waals surface area contributed by atoms with Gasteiger partial charge in [-0.05, 0) is 5.56 Å². The van der Waals surface area contributed by atoms with Gasteiger partial charge in [0.05, 0.1) is 0 Å². The van der Waals surface area contributed by atoms with Crippen LogP contribution in [-0.2, 0) is 22.6 Å². The van der Waals surface area contributed by atoms with Crippen LogP contribution in [-0.4, -0.2) is 35.3 Å². The van der Waals surface area contributed by atoms with E-state index in [1.807, 2.05) is 18.2 Å². The molecule has 0 aliphatic rings. The van der Waals surface area contributed by atoms with Crippen LogP contribution < -0.4 is 5.32 Å². The monoisotopic (exact) mass is 304 g/mol. The van der Waals surface area contributed by atoms with Crippen LogP contribution in [0.3, 0.4) is 0 Å². The molecule has 2 N–H and O–H groups in total. The number of amides is 1. The van der Waals surface area contributed by atoms with Crippen LogP contribution in [0.15, 0.2) is 40.9 Å². The molecule has 0 spiro atoms. The second-order valence-corrected chi connectivity index (χ2v) is 4.67. The Balaban J connectivity index is 2.03. The summed E-state index contributed by atoms with van der Waals surface area (Å²) >= 11 is 0. The lowest BCUT2D eigenvalue weighted by atomic mass is 10.1. The van der Waals surface area contributed by atoms with Gasteiger partial charge in [0.25, 0.3) is 5.91 Å². The van der Waals surface area contributed by atoms with Crippen molar-refractivity contribution >= 4 is 11.9 Å². The molecule has 22 heavy (non-hydrogen) atoms. The molecular weight excluding hydrogens is 288 g/mol. The quantitative estimate of drug-likeness (QED) is 0.798. The van der Waals surface area contributed by atoms with Crippen molar-refractivity contribution in [2.45, 2.75) is 19.1 Å². The number of aliphatic carboxylic acids is 1. The third-order valence-corrected chi connectivity index (χ3v) is 2.96. The molecule has 2 aromatic rings. The first kappa shape index (κ1) is 15.7. The average Bonchev–Trinajstić information content (AvgIpc) is 2.96. The normalized spacial score (nSPS) is 11.9. The van der Waals surface area contributed by atoms with E-state index >= 15 is 0 Å². The van der Waals surface area contributed by atoms with E-state index in [0.717, 1.165) is 5.56 Å². The van der Waals surface area contributed by atoms with Crippen LogP contribution in [0.5, 0.6) is 0 Å². The molecule has 0 saturated carbocycles. The Morgan fingerprint density at radius 3 is 2.73 bits per heavy atom. The largest absolute Gasteiger partial charge is 0.480 e. The van der Waals surface area contributed by atoms with E-state index in [-0.39, 0.29) is 18.7 Å². The first-order chi connectivity index (χ1) is 10.6. The number of rotatable bonds is 7. The lowest BCUT2D eigenvalue weighted by Crippen LogP contribution is -2.42. The summed E-state index contributed by atoms with van der Waals surface area (Å²) in [7, 11) is 1.49. The molecular formula is C15H16N2O5. The van der Waals surface area contributed by atoms with Gasteiger partial charge in [-0.2, -0.15) is 0 Å². The third kappa shape index (κ3) is 4.16. The molecule has 1 heterocycles. The number of nitrogens with zero attached hydrogens (tertiary/aromatic N) is 1. The minimum absolute atomic E-state index is 0.0198. The molecule has 1 aromatic carbocycles. The van der Waals surface area contributed by atoms with Crippen LogP contribution in [0, 0.1) is 0 Å². The molecule has 0 radical (unpaired) electrons. The van der Waals surface area contributed by atoms with Crippen molar-refractivity contribution in [3.05, 3.63) is 53.4 Å². The number of carboxylic acids is 1. The molecule has 116 valence electrons. The molecule has 0 fully saturated rings. The van der Waals surface area contributed by atoms with Crippen molar-refractivity contribution in [3.8, 4) is 0 Å². The number of aromatic nitrogens is 1. The molecule has 0 aliphatic carbocycles. The molecule has 7 nitrogen and oxygen atoms in total. The molecule has 1 amide bonds. The van der Waals surface area contributed by atoms with E-state index in [4.69, 9.17) is 9.26 Å². The van der Waals surface area contributed by atoms with E-state index in [0.29, 0.717) is 5.76 Å². The van der Waals surface area contributed by atoms with Gasteiger partial charge in [0.2, 0.25) is 0 Å². The standard InChI is InChI=1S/C15H16N2O5/c1-21-9-11-8-12(17-22-11)14(18)16-13(15(19)20)7-10-5-3-2-4-6-10/h2-6,8,13H,7,9H2,1H3,(H,16,18)(H,19,20)/t13-/m0/s1. The topological polar surface area (TPSA) is 102 Å². The molecule has 0 bridgehead atoms. The minimum atomic E-state index is -1.11. The van der Waals surface area contributed by atoms with Crippen molar-refractivity contribution in [1.82, 2.24) is 10.5 Å². The minimum Gasteiger partial charge on any atom is -0.480 e. The number of ether oxygens (including phenoxy) is 1. The Morgan fingerprint density at radius 2 is 2.09 bits per heavy atom. The summed E-state index contributed by atoms with van der Waals surface area (Å²) in [5.41, 5.74) is 0.835. The Morgan fingerprint density at radius 1 is 1.36 bits per heavy atom. The maximum atomic E-state index is 12.0. The fraction of sp³-hybridized carbons (Fsp3) is 0.267. The van der Waals surface area contributed by atoms with Crippen molar-refractivity contribution in [2.75, 3.05) is 7.11 Å². The van der Waals surface area contributed by atoms with E-state index in [1.54, 1.807) is 12.1 Å². The Bertz CT molecular complexity index is 638. The highest BCUT2D eigenvalue weighted by molar-refractivity contribution is 5.94. The van der Waals surface area contributed by atoms with Gasteiger partial charge in [0.15, 0.2) is 11.5 Å². The highest BCUT2D eigenvalue weighted by atomic mass is 16.5. The zero-order valence-corrected chi connectivity index (χ0v) is 12.0. The molecule has 2 rings (SSSR count). The van der Waals surface area contributed by atoms with Gasteiger partial charge >= 0.3 is 5.97 Å². The highest BCUT2D eigenvalue weighted by Gasteiger charge is 2.23. The SMILES string of the molecule is COCc1cc(C(=O)N[C@@H](Cc2ccccc2)C(=O)O)no1. The number of hydrogen-bond acceptors (Lipinski definition) is 5. The Hall–Kier alpha value is -2.67. The number of carbonyl (C=O) groups is 2. The van der Waals surface area contributed by atoms with Crippen LogP contribution in [0.4, 0.5) is 0 Å². The molecule has 0 saturated heterocycles. The maximum absolute atomic E-state index is 12.0. The summed E-state index contributed by atoms with van der Waals surface area (Å²) in [6.07, 6.45) is 0.185. The highest BCUT2D eigenvalue weighted by Crippen LogP contribution is 2.07. The lowest BCUT2D eigenvalue weighted by molar-refractivity contribution is -0.139. The first-order valence-electron chi connectivity index (χ1n) is 6.62. The predicted octanol–water partition coefficient (Wildman–Crippen LogP) is 1.25. The summed E-state index contributed by atoms with van der Waals surface area (Å²) < 4.78 is 9.76. The first-order valence-corrected chi connectivity index (χ1v) is 6.62. The third-order valence-electron chi connectivity index (χ3n) is 2.96. The number of carboxylic acid groups (broad SMARTS) is 1. The van der Waals surface area contributed by atoms with Gasteiger partial charge in [0, 0.05) is 19.6 Å². The Kier molecular flexibility index (Phi) is 5.26. The smallest absolute Gasteiger partial charge is 0.326 e. The predicted molar refractivity (Wildman–Crippen MR) is 76.3 cm³/mol. The van der Waals surface area contributed by atoms with Gasteiger partial charge in [-0.1, -0.05) is 35.5 Å². The van der Waals surface area contributed by atoms with Crippen LogP contribution in [0.1, 0.15) is 21.8 Å². The number of carbonyl (C=O) groups excluding carboxylic acids is 1. The van der Waals surface area contributed by atoms with Gasteiger partial charge in [-0.3, -0.25) is 4.79 Å². The van der Waals surface area contributed by atoms with Gasteiger partial charge < -0.3 is 19.7 Å². The number of benzene rings is 1. The van der Waals surface area contributed by atoms with E-state index in [2.05, 4.69) is 10.5 Å². The number of nitrogens with one attached hydrogen (secondary N) is 1. The fourth-order valence-corrected chi connectivity index (χ4v) is 1.91. The number of hydrogen-bond donors (Lipinski definition) is 2. The van der Waals surface area contributed by atoms with Crippen LogP contribution in [0.25, 0.3) is 0 Å². The summed E-state index contributed by atoms with van der Waals surface area (Å²) in [5, 5.41) is 15.3. The zero-order chi connectivity index (χ0) is 15.9. The van der Waals surface area contributed by atoms with Gasteiger partial charge in [0.1, 0.15) is 12.6 Å². The molecule has 0 aliphatic heterocycles. The van der Waals surface area contributed by atoms with Crippen molar-refractivity contribution < 1.29 is 24.0 Å². The van der Waals surface area contributed by atoms with Gasteiger partial charge in [-0.15, -0.1) is 0 Å². The summed E-state index contributed by atoms with van der Waals surface area (Å²) in [6, 6.07) is 9.43. The average molecular weight is 304 g/mol. The van der Waals surface area contributed by atoms with Crippen molar-refractivity contribution in [3.63, 3.8) is 0 Å². The molecule has 7 heteroatoms. The second-order valence-electron chi connectivity index (χ2n) is 4.67. The zero-order valence-electron chi connectivity index (χ0n) is 12.0. The van der Waals surface area contributed by atoms with Crippen LogP contribution in [0.2, 0.25) is 0 Å². The summed E-state index contributed by atoms with van der Waals surface area (Å²) in [5.74, 6) is -1.32. The van der Waals surface area contributed by atoms with Crippen molar-refractivity contribution in [1.29, 1.82) is 0 Å². The van der Waals surface area contributed by atoms with Crippen LogP contribution >= 0.6 is 0 Å². The van der Waals surface area contributed by atoms with Crippen molar-refractivity contribution in [2.24, 2.45) is 0 Å². The molecule has 1 aromatic heterocycles. The summed E-state index contributed by atoms with van der Waals surface area (Å²) in [4.78, 5) is 23.3. The lowest BCUT2D eigenvalue weighted by Gasteiger charge is -2.13. The Labute approximate surface area is 126 Å². The van der Waals surface area contributed by atoms with Gasteiger partial charge in [-0.25, -0.2) is 4.79 Å². The number of methoxy groups -OCH3 is 1. The van der Waals surface area contributed by atoms with E-state index < -0.39 is 17.9 Å². The fourth-order valence-electron chi connectivity index (χ4n) is 1.91. The van der Waals surface area contributed by atoms with E-state index in [9.17, 15) is 14.7 Å². The van der Waals surface area contributed by atoms with E-state index in [1.165, 1.54) is 13.2 Å². The molecule has 0 unspecified atom stereocenters. The molecule has 1 atom stereocenters. The maximum Gasteiger partial charge on any atom is 0.326 e. The second kappa shape index (κ2) is 7.37.